The molecule has 3 aromatic rings. The van der Waals surface area contributed by atoms with Gasteiger partial charge in [-0.05, 0) is 55.4 Å². The number of methoxy groups -OCH3 is 1. The van der Waals surface area contributed by atoms with Crippen molar-refractivity contribution in [2.45, 2.75) is 31.1 Å². The first kappa shape index (κ1) is 20.9. The number of thiazole rings is 1. The van der Waals surface area contributed by atoms with Gasteiger partial charge in [0.2, 0.25) is 5.88 Å². The van der Waals surface area contributed by atoms with Crippen LogP contribution in [0.3, 0.4) is 0 Å². The topological polar surface area (TPSA) is 83.5 Å². The highest BCUT2D eigenvalue weighted by Gasteiger charge is 2.46. The number of rotatable bonds is 4. The van der Waals surface area contributed by atoms with Gasteiger partial charge in [-0.3, -0.25) is 5.32 Å². The Morgan fingerprint density at radius 2 is 2.12 bits per heavy atom. The van der Waals surface area contributed by atoms with Crippen LogP contribution >= 0.6 is 22.9 Å². The molecule has 0 atom stereocenters. The van der Waals surface area contributed by atoms with Crippen LogP contribution in [-0.2, 0) is 5.41 Å². The Hall–Kier alpha value is -2.65. The minimum Gasteiger partial charge on any atom is -0.479 e. The Morgan fingerprint density at radius 1 is 1.30 bits per heavy atom. The standard InChI is InChI=1S/C23H25ClN6O2S/c1-32-19-18-20(26-13-25-19)33-21(27-18)28-22(31)29-8-6-23(7-9-29)12-30(11-14-2-3-14)17-5-4-15(24)10-16(17)23/h4-5,10,13-14H,2-3,6-9,11-12H2,1H3,(H,27,28,31). The van der Waals surface area contributed by atoms with Crippen LogP contribution in [0.1, 0.15) is 31.2 Å². The van der Waals surface area contributed by atoms with Gasteiger partial charge in [-0.2, -0.15) is 4.98 Å². The van der Waals surface area contributed by atoms with Crippen LogP contribution < -0.4 is 15.0 Å². The van der Waals surface area contributed by atoms with Crippen molar-refractivity contribution >= 4 is 50.1 Å². The lowest BCUT2D eigenvalue weighted by molar-refractivity contribution is 0.172. The Morgan fingerprint density at radius 3 is 2.88 bits per heavy atom. The zero-order chi connectivity index (χ0) is 22.6. The zero-order valence-corrected chi connectivity index (χ0v) is 20.0. The maximum absolute atomic E-state index is 13.0. The van der Waals surface area contributed by atoms with Crippen molar-refractivity contribution in [3.63, 3.8) is 0 Å². The molecule has 2 aromatic heterocycles. The molecule has 10 heteroatoms. The summed E-state index contributed by atoms with van der Waals surface area (Å²) >= 11 is 7.72. The number of fused-ring (bicyclic) bond motifs is 3. The third-order valence-corrected chi connectivity index (χ3v) is 8.23. The fourth-order valence-electron chi connectivity index (χ4n) is 5.19. The third-order valence-electron chi connectivity index (χ3n) is 7.12. The summed E-state index contributed by atoms with van der Waals surface area (Å²) in [5.74, 6) is 1.23. The van der Waals surface area contributed by atoms with E-state index in [0.717, 1.165) is 36.9 Å². The second-order valence-electron chi connectivity index (χ2n) is 9.24. The fraction of sp³-hybridized carbons (Fsp3) is 0.478. The lowest BCUT2D eigenvalue weighted by atomic mass is 9.74. The highest BCUT2D eigenvalue weighted by atomic mass is 35.5. The molecule has 33 heavy (non-hydrogen) atoms. The number of carbonyl (C=O) groups excluding carboxylic acids is 1. The number of hydrogen-bond donors (Lipinski definition) is 1. The molecule has 1 saturated carbocycles. The summed E-state index contributed by atoms with van der Waals surface area (Å²) in [6.07, 6.45) is 5.96. The van der Waals surface area contributed by atoms with Gasteiger partial charge in [0.15, 0.2) is 15.5 Å². The molecule has 2 aliphatic heterocycles. The van der Waals surface area contributed by atoms with Crippen molar-refractivity contribution in [2.24, 2.45) is 5.92 Å². The van der Waals surface area contributed by atoms with Crippen molar-refractivity contribution in [3.05, 3.63) is 35.1 Å². The van der Waals surface area contributed by atoms with Crippen LogP contribution in [-0.4, -0.2) is 59.2 Å². The lowest BCUT2D eigenvalue weighted by Crippen LogP contribution is -2.48. The third kappa shape index (κ3) is 3.77. The number of halogens is 1. The van der Waals surface area contributed by atoms with Crippen molar-refractivity contribution in [1.82, 2.24) is 19.9 Å². The van der Waals surface area contributed by atoms with E-state index in [1.165, 1.54) is 41.8 Å². The number of ether oxygens (including phenoxy) is 1. The summed E-state index contributed by atoms with van der Waals surface area (Å²) in [5, 5.41) is 4.23. The molecule has 0 unspecified atom stereocenters. The van der Waals surface area contributed by atoms with Gasteiger partial charge in [0.05, 0.1) is 7.11 Å². The second-order valence-corrected chi connectivity index (χ2v) is 10.7. The maximum atomic E-state index is 13.0. The molecule has 1 saturated heterocycles. The van der Waals surface area contributed by atoms with Crippen molar-refractivity contribution in [2.75, 3.05) is 43.5 Å². The monoisotopic (exact) mass is 484 g/mol. The van der Waals surface area contributed by atoms with Gasteiger partial charge in [0, 0.05) is 42.3 Å². The first-order valence-corrected chi connectivity index (χ1v) is 12.5. The number of likely N-dealkylation sites (tertiary alicyclic amines) is 1. The van der Waals surface area contributed by atoms with E-state index in [4.69, 9.17) is 16.3 Å². The Bertz CT molecular complexity index is 1220. The van der Waals surface area contributed by atoms with Crippen LogP contribution in [0.25, 0.3) is 10.3 Å². The van der Waals surface area contributed by atoms with E-state index < -0.39 is 0 Å². The fourth-order valence-corrected chi connectivity index (χ4v) is 6.15. The van der Waals surface area contributed by atoms with Crippen LogP contribution in [0.15, 0.2) is 24.5 Å². The minimum absolute atomic E-state index is 0.0602. The average Bonchev–Trinajstić information content (AvgIpc) is 3.47. The van der Waals surface area contributed by atoms with Gasteiger partial charge in [-0.25, -0.2) is 14.8 Å². The molecule has 2 fully saturated rings. The van der Waals surface area contributed by atoms with E-state index in [0.29, 0.717) is 34.4 Å². The Kier molecular flexibility index (Phi) is 5.06. The molecule has 1 spiro atoms. The number of nitrogens with zero attached hydrogens (tertiary/aromatic N) is 5. The summed E-state index contributed by atoms with van der Waals surface area (Å²) in [5.41, 5.74) is 3.31. The molecule has 2 amide bonds. The molecule has 1 aromatic carbocycles. The summed E-state index contributed by atoms with van der Waals surface area (Å²) in [4.78, 5) is 30.9. The number of nitrogens with one attached hydrogen (secondary N) is 1. The molecular formula is C23H25ClN6O2S. The van der Waals surface area contributed by atoms with Gasteiger partial charge in [-0.15, -0.1) is 0 Å². The first-order chi connectivity index (χ1) is 16.0. The van der Waals surface area contributed by atoms with Crippen LogP contribution in [0.2, 0.25) is 5.02 Å². The number of piperidine rings is 1. The Balaban J connectivity index is 1.16. The number of hydrogen-bond acceptors (Lipinski definition) is 7. The van der Waals surface area contributed by atoms with Gasteiger partial charge < -0.3 is 14.5 Å². The number of urea groups is 1. The maximum Gasteiger partial charge on any atom is 0.323 e. The minimum atomic E-state index is -0.130. The van der Waals surface area contributed by atoms with E-state index in [9.17, 15) is 4.79 Å². The number of carbonyl (C=O) groups is 1. The smallest absolute Gasteiger partial charge is 0.323 e. The van der Waals surface area contributed by atoms with Gasteiger partial charge in [0.1, 0.15) is 6.33 Å². The average molecular weight is 485 g/mol. The molecule has 172 valence electrons. The molecule has 4 heterocycles. The normalized spacial score (nSPS) is 19.2. The molecule has 0 radical (unpaired) electrons. The molecule has 6 rings (SSSR count). The van der Waals surface area contributed by atoms with E-state index in [-0.39, 0.29) is 11.4 Å². The SMILES string of the molecule is COc1ncnc2sc(NC(=O)N3CCC4(CC3)CN(CC3CC3)c3ccc(Cl)cc34)nc12. The largest absolute Gasteiger partial charge is 0.479 e. The highest BCUT2D eigenvalue weighted by Crippen LogP contribution is 2.49. The van der Waals surface area contributed by atoms with E-state index in [1.807, 2.05) is 11.0 Å². The molecule has 1 N–H and O–H groups in total. The van der Waals surface area contributed by atoms with Crippen molar-refractivity contribution in [3.8, 4) is 5.88 Å². The van der Waals surface area contributed by atoms with Crippen LogP contribution in [0, 0.1) is 5.92 Å². The summed E-state index contributed by atoms with van der Waals surface area (Å²) in [7, 11) is 1.54. The molecule has 3 aliphatic rings. The predicted octanol–water partition coefficient (Wildman–Crippen LogP) is 4.54. The van der Waals surface area contributed by atoms with Gasteiger partial charge in [-0.1, -0.05) is 22.9 Å². The van der Waals surface area contributed by atoms with E-state index in [1.54, 1.807) is 7.11 Å². The molecule has 0 bridgehead atoms. The van der Waals surface area contributed by atoms with E-state index >= 15 is 0 Å². The molecular weight excluding hydrogens is 460 g/mol. The summed E-state index contributed by atoms with van der Waals surface area (Å²) in [6, 6.07) is 6.20. The first-order valence-electron chi connectivity index (χ1n) is 11.3. The quantitative estimate of drug-likeness (QED) is 0.585. The van der Waals surface area contributed by atoms with E-state index in [2.05, 4.69) is 37.3 Å². The number of benzene rings is 1. The van der Waals surface area contributed by atoms with Gasteiger partial charge >= 0.3 is 6.03 Å². The van der Waals surface area contributed by atoms with Crippen LogP contribution in [0.5, 0.6) is 5.88 Å². The van der Waals surface area contributed by atoms with Gasteiger partial charge in [0.25, 0.3) is 0 Å². The second kappa shape index (κ2) is 7.99. The highest BCUT2D eigenvalue weighted by molar-refractivity contribution is 7.22. The molecule has 8 nitrogen and oxygen atoms in total. The number of amides is 2. The lowest BCUT2D eigenvalue weighted by Gasteiger charge is -2.40. The predicted molar refractivity (Wildman–Crippen MR) is 130 cm³/mol. The summed E-state index contributed by atoms with van der Waals surface area (Å²) in [6.45, 7) is 3.54. The Labute approximate surface area is 200 Å². The molecule has 1 aliphatic carbocycles. The van der Waals surface area contributed by atoms with Crippen LogP contribution in [0.4, 0.5) is 15.6 Å². The summed E-state index contributed by atoms with van der Waals surface area (Å²) < 4.78 is 5.25. The zero-order valence-electron chi connectivity index (χ0n) is 18.4. The number of aromatic nitrogens is 3. The van der Waals surface area contributed by atoms with Crippen molar-refractivity contribution < 1.29 is 9.53 Å². The number of anilines is 2. The van der Waals surface area contributed by atoms with Crippen molar-refractivity contribution in [1.29, 1.82) is 0 Å².